The van der Waals surface area contributed by atoms with Gasteiger partial charge in [-0.2, -0.15) is 0 Å². The number of aliphatic imine (C=N–C) groups is 1. The molecule has 6 nitrogen and oxygen atoms in total. The third kappa shape index (κ3) is 7.56. The van der Waals surface area contributed by atoms with Gasteiger partial charge in [-0.15, -0.1) is 24.0 Å². The Morgan fingerprint density at radius 3 is 2.64 bits per heavy atom. The van der Waals surface area contributed by atoms with E-state index in [9.17, 15) is 5.11 Å². The molecule has 2 rings (SSSR count). The Bertz CT molecular complexity index is 383. The van der Waals surface area contributed by atoms with Crippen LogP contribution in [0.2, 0.25) is 0 Å². The second-order valence-electron chi connectivity index (χ2n) is 7.40. The Labute approximate surface area is 170 Å². The second-order valence-corrected chi connectivity index (χ2v) is 7.40. The summed E-state index contributed by atoms with van der Waals surface area (Å²) in [7, 11) is 4.05. The molecule has 1 saturated carbocycles. The van der Waals surface area contributed by atoms with E-state index < -0.39 is 0 Å². The lowest BCUT2D eigenvalue weighted by Crippen LogP contribution is -2.47. The number of likely N-dealkylation sites (N-methyl/N-ethyl adjacent to an activating group) is 1. The molecule has 1 aliphatic carbocycles. The zero-order valence-corrected chi connectivity index (χ0v) is 18.3. The van der Waals surface area contributed by atoms with E-state index >= 15 is 0 Å². The molecule has 7 heteroatoms. The average molecular weight is 468 g/mol. The van der Waals surface area contributed by atoms with E-state index in [1.54, 1.807) is 0 Å². The van der Waals surface area contributed by atoms with Gasteiger partial charge >= 0.3 is 0 Å². The lowest BCUT2D eigenvalue weighted by Gasteiger charge is -2.31. The van der Waals surface area contributed by atoms with Gasteiger partial charge in [-0.3, -0.25) is 4.99 Å². The Balaban J connectivity index is 0.00000312. The highest BCUT2D eigenvalue weighted by Gasteiger charge is 2.34. The molecule has 148 valence electrons. The van der Waals surface area contributed by atoms with Gasteiger partial charge in [0.25, 0.3) is 0 Å². The van der Waals surface area contributed by atoms with Crippen LogP contribution in [0.15, 0.2) is 4.99 Å². The van der Waals surface area contributed by atoms with Gasteiger partial charge in [-0.1, -0.05) is 19.3 Å². The third-order valence-corrected chi connectivity index (χ3v) is 5.64. The summed E-state index contributed by atoms with van der Waals surface area (Å²) in [6.07, 6.45) is 8.61. The summed E-state index contributed by atoms with van der Waals surface area (Å²) >= 11 is 0. The van der Waals surface area contributed by atoms with Gasteiger partial charge in [0.2, 0.25) is 0 Å². The molecule has 3 N–H and O–H groups in total. The van der Waals surface area contributed by atoms with Crippen molar-refractivity contribution in [3.05, 3.63) is 0 Å². The van der Waals surface area contributed by atoms with E-state index in [2.05, 4.69) is 27.6 Å². The van der Waals surface area contributed by atoms with Gasteiger partial charge < -0.3 is 25.4 Å². The van der Waals surface area contributed by atoms with Crippen molar-refractivity contribution < 1.29 is 9.84 Å². The first-order valence-corrected chi connectivity index (χ1v) is 9.52. The largest absolute Gasteiger partial charge is 0.396 e. The molecule has 1 unspecified atom stereocenters. The van der Waals surface area contributed by atoms with Crippen molar-refractivity contribution in [2.75, 3.05) is 53.6 Å². The summed E-state index contributed by atoms with van der Waals surface area (Å²) in [6.45, 7) is 4.46. The molecule has 1 heterocycles. The second kappa shape index (κ2) is 12.3. The normalized spacial score (nSPS) is 25.0. The van der Waals surface area contributed by atoms with Crippen LogP contribution in [0.3, 0.4) is 0 Å². The molecule has 1 aliphatic heterocycles. The molecule has 0 spiro atoms. The molecule has 0 aromatic carbocycles. The fraction of sp³-hybridized carbons (Fsp3) is 0.944. The molecular weight excluding hydrogens is 431 g/mol. The molecule has 0 amide bonds. The van der Waals surface area contributed by atoms with Crippen molar-refractivity contribution >= 4 is 29.9 Å². The number of nitrogens with zero attached hydrogens (tertiary/aromatic N) is 2. The van der Waals surface area contributed by atoms with Crippen LogP contribution in [0.5, 0.6) is 0 Å². The van der Waals surface area contributed by atoms with Crippen molar-refractivity contribution in [2.24, 2.45) is 10.4 Å². The highest BCUT2D eigenvalue weighted by atomic mass is 127. The van der Waals surface area contributed by atoms with E-state index in [1.165, 1.54) is 32.1 Å². The van der Waals surface area contributed by atoms with Crippen LogP contribution in [0.25, 0.3) is 0 Å². The van der Waals surface area contributed by atoms with Crippen LogP contribution in [0, 0.1) is 5.41 Å². The quantitative estimate of drug-likeness (QED) is 0.288. The molecule has 0 aromatic rings. The van der Waals surface area contributed by atoms with Crippen LogP contribution < -0.4 is 10.6 Å². The number of rotatable bonds is 8. The van der Waals surface area contributed by atoms with Gasteiger partial charge in [0.1, 0.15) is 0 Å². The number of ether oxygens (including phenoxy) is 1. The Kier molecular flexibility index (Phi) is 11.3. The number of nitrogens with one attached hydrogen (secondary N) is 2. The molecular formula is C18H37IN4O2. The minimum absolute atomic E-state index is 0. The van der Waals surface area contributed by atoms with Crippen molar-refractivity contribution in [3.63, 3.8) is 0 Å². The van der Waals surface area contributed by atoms with Gasteiger partial charge in [0.05, 0.1) is 6.61 Å². The molecule has 1 saturated heterocycles. The predicted octanol–water partition coefficient (Wildman–Crippen LogP) is 1.82. The average Bonchev–Trinajstić information content (AvgIpc) is 3.07. The fourth-order valence-corrected chi connectivity index (χ4v) is 3.86. The third-order valence-electron chi connectivity index (χ3n) is 5.64. The number of halogens is 1. The van der Waals surface area contributed by atoms with Crippen molar-refractivity contribution in [3.8, 4) is 0 Å². The first-order valence-electron chi connectivity index (χ1n) is 9.52. The first-order chi connectivity index (χ1) is 11.7. The van der Waals surface area contributed by atoms with Crippen molar-refractivity contribution in [1.82, 2.24) is 15.5 Å². The van der Waals surface area contributed by atoms with E-state index in [0.717, 1.165) is 57.7 Å². The molecule has 0 aromatic heterocycles. The SMILES string of the molecule is CN=C(NCCN(C)C1CCCCC1)NCC1(CCO)CCOC1.I. The minimum atomic E-state index is 0. The van der Waals surface area contributed by atoms with Crippen molar-refractivity contribution in [1.29, 1.82) is 0 Å². The number of hydrogen-bond donors (Lipinski definition) is 3. The maximum Gasteiger partial charge on any atom is 0.191 e. The number of guanidine groups is 1. The molecule has 2 fully saturated rings. The first kappa shape index (κ1) is 22.9. The van der Waals surface area contributed by atoms with Crippen LogP contribution in [0.4, 0.5) is 0 Å². The fourth-order valence-electron chi connectivity index (χ4n) is 3.86. The summed E-state index contributed by atoms with van der Waals surface area (Å²) in [5.41, 5.74) is 0.0469. The predicted molar refractivity (Wildman–Crippen MR) is 114 cm³/mol. The number of hydrogen-bond acceptors (Lipinski definition) is 4. The van der Waals surface area contributed by atoms with Gasteiger partial charge in [0.15, 0.2) is 5.96 Å². The summed E-state index contributed by atoms with van der Waals surface area (Å²) in [4.78, 5) is 6.81. The van der Waals surface area contributed by atoms with Crippen LogP contribution >= 0.6 is 24.0 Å². The van der Waals surface area contributed by atoms with Gasteiger partial charge in [-0.25, -0.2) is 0 Å². The van der Waals surface area contributed by atoms with Crippen LogP contribution in [-0.2, 0) is 4.74 Å². The van der Waals surface area contributed by atoms with E-state index in [0.29, 0.717) is 0 Å². The number of aliphatic hydroxyl groups is 1. The molecule has 25 heavy (non-hydrogen) atoms. The van der Waals surface area contributed by atoms with E-state index in [4.69, 9.17) is 4.74 Å². The zero-order valence-electron chi connectivity index (χ0n) is 15.9. The topological polar surface area (TPSA) is 69.1 Å². The summed E-state index contributed by atoms with van der Waals surface area (Å²) in [6, 6.07) is 0.749. The Morgan fingerprint density at radius 2 is 2.04 bits per heavy atom. The molecule has 0 bridgehead atoms. The Morgan fingerprint density at radius 1 is 1.28 bits per heavy atom. The summed E-state index contributed by atoms with van der Waals surface area (Å²) < 4.78 is 5.54. The smallest absolute Gasteiger partial charge is 0.191 e. The minimum Gasteiger partial charge on any atom is -0.396 e. The van der Waals surface area contributed by atoms with E-state index in [1.807, 2.05) is 7.05 Å². The van der Waals surface area contributed by atoms with E-state index in [-0.39, 0.29) is 36.0 Å². The van der Waals surface area contributed by atoms with Crippen LogP contribution in [-0.4, -0.2) is 75.6 Å². The molecule has 0 radical (unpaired) electrons. The molecule has 2 aliphatic rings. The summed E-state index contributed by atoms with van der Waals surface area (Å²) in [5.74, 6) is 0.844. The highest BCUT2D eigenvalue weighted by Crippen LogP contribution is 2.31. The maximum absolute atomic E-state index is 9.31. The lowest BCUT2D eigenvalue weighted by molar-refractivity contribution is 0.127. The highest BCUT2D eigenvalue weighted by molar-refractivity contribution is 14.0. The standard InChI is InChI=1S/C18H36N4O2.HI/c1-19-17(21-14-18(8-12-23)9-13-24-15-18)20-10-11-22(2)16-6-4-3-5-7-16;/h16,23H,3-15H2,1-2H3,(H2,19,20,21);1H. The lowest BCUT2D eigenvalue weighted by atomic mass is 9.84. The van der Waals surface area contributed by atoms with Crippen LogP contribution in [0.1, 0.15) is 44.9 Å². The zero-order chi connectivity index (χ0) is 17.3. The van der Waals surface area contributed by atoms with Gasteiger partial charge in [0, 0.05) is 51.4 Å². The Hall–Kier alpha value is -0.120. The van der Waals surface area contributed by atoms with Gasteiger partial charge in [-0.05, 0) is 32.7 Å². The maximum atomic E-state index is 9.31. The molecule has 1 atom stereocenters. The summed E-state index contributed by atoms with van der Waals surface area (Å²) in [5, 5.41) is 16.1. The monoisotopic (exact) mass is 468 g/mol. The van der Waals surface area contributed by atoms with Crippen molar-refractivity contribution in [2.45, 2.75) is 51.0 Å². The number of aliphatic hydroxyl groups excluding tert-OH is 1.